The zero-order chi connectivity index (χ0) is 13.7. The molecule has 102 valence electrons. The number of ether oxygens (including phenoxy) is 2. The maximum atomic E-state index is 9.91. The maximum Gasteiger partial charge on any atom is 0.119 e. The van der Waals surface area contributed by atoms with Gasteiger partial charge in [0.1, 0.15) is 30.0 Å². The lowest BCUT2D eigenvalue weighted by atomic mass is 10.3. The minimum atomic E-state index is -0.574. The molecule has 0 amide bonds. The molecule has 5 nitrogen and oxygen atoms in total. The van der Waals surface area contributed by atoms with Gasteiger partial charge in [-0.05, 0) is 31.2 Å². The Kier molecular flexibility index (Phi) is 4.41. The number of imidazole rings is 1. The lowest BCUT2D eigenvalue weighted by Gasteiger charge is -2.14. The van der Waals surface area contributed by atoms with Gasteiger partial charge in [-0.3, -0.25) is 0 Å². The average Bonchev–Trinajstić information content (AvgIpc) is 2.82. The summed E-state index contributed by atoms with van der Waals surface area (Å²) in [5.41, 5.74) is 0. The Hall–Kier alpha value is -2.01. The topological polar surface area (TPSA) is 56.5 Å². The van der Waals surface area contributed by atoms with Crippen LogP contribution in [0.1, 0.15) is 5.82 Å². The number of aliphatic hydroxyl groups is 1. The van der Waals surface area contributed by atoms with Crippen molar-refractivity contribution in [2.75, 3.05) is 13.7 Å². The Bertz CT molecular complexity index is 508. The summed E-state index contributed by atoms with van der Waals surface area (Å²) in [6.07, 6.45) is 2.98. The molecule has 1 N–H and O–H groups in total. The van der Waals surface area contributed by atoms with Gasteiger partial charge in [0.25, 0.3) is 0 Å². The maximum absolute atomic E-state index is 9.91. The number of benzene rings is 1. The predicted molar refractivity (Wildman–Crippen MR) is 71.5 cm³/mol. The van der Waals surface area contributed by atoms with Crippen LogP contribution in [0.2, 0.25) is 0 Å². The van der Waals surface area contributed by atoms with Crippen molar-refractivity contribution in [2.24, 2.45) is 0 Å². The van der Waals surface area contributed by atoms with Gasteiger partial charge in [-0.15, -0.1) is 0 Å². The minimum absolute atomic E-state index is 0.240. The third-order valence-corrected chi connectivity index (χ3v) is 2.83. The number of rotatable bonds is 6. The Labute approximate surface area is 112 Å². The smallest absolute Gasteiger partial charge is 0.119 e. The van der Waals surface area contributed by atoms with E-state index in [1.54, 1.807) is 13.3 Å². The van der Waals surface area contributed by atoms with Crippen LogP contribution in [0.25, 0.3) is 0 Å². The lowest BCUT2D eigenvalue weighted by Crippen LogP contribution is -2.23. The number of hydrogen-bond acceptors (Lipinski definition) is 4. The monoisotopic (exact) mass is 262 g/mol. The first-order chi connectivity index (χ1) is 9.19. The zero-order valence-electron chi connectivity index (χ0n) is 11.1. The van der Waals surface area contributed by atoms with Gasteiger partial charge in [0, 0.05) is 12.4 Å². The molecule has 1 heterocycles. The van der Waals surface area contributed by atoms with Gasteiger partial charge in [-0.2, -0.15) is 0 Å². The molecule has 0 aliphatic rings. The third kappa shape index (κ3) is 3.72. The van der Waals surface area contributed by atoms with Crippen LogP contribution in [0.5, 0.6) is 11.5 Å². The van der Waals surface area contributed by atoms with Crippen molar-refractivity contribution >= 4 is 0 Å². The summed E-state index contributed by atoms with van der Waals surface area (Å²) in [6, 6.07) is 7.27. The number of nitrogens with zero attached hydrogens (tertiary/aromatic N) is 2. The fourth-order valence-corrected chi connectivity index (χ4v) is 1.74. The molecule has 0 fully saturated rings. The van der Waals surface area contributed by atoms with Gasteiger partial charge < -0.3 is 19.1 Å². The van der Waals surface area contributed by atoms with Gasteiger partial charge in [-0.25, -0.2) is 4.98 Å². The molecule has 0 saturated carbocycles. The van der Waals surface area contributed by atoms with Crippen molar-refractivity contribution in [3.05, 3.63) is 42.5 Å². The predicted octanol–water partition coefficient (Wildman–Crippen LogP) is 1.64. The summed E-state index contributed by atoms with van der Waals surface area (Å²) in [7, 11) is 1.62. The Morgan fingerprint density at radius 3 is 2.53 bits per heavy atom. The first-order valence-corrected chi connectivity index (χ1v) is 6.11. The second kappa shape index (κ2) is 6.24. The van der Waals surface area contributed by atoms with E-state index in [0.29, 0.717) is 12.3 Å². The molecule has 0 aliphatic carbocycles. The van der Waals surface area contributed by atoms with Crippen molar-refractivity contribution in [1.29, 1.82) is 0 Å². The lowest BCUT2D eigenvalue weighted by molar-refractivity contribution is 0.0919. The van der Waals surface area contributed by atoms with Crippen LogP contribution in [-0.4, -0.2) is 34.5 Å². The van der Waals surface area contributed by atoms with Crippen LogP contribution in [0.15, 0.2) is 36.7 Å². The molecule has 1 aromatic heterocycles. The van der Waals surface area contributed by atoms with Crippen molar-refractivity contribution < 1.29 is 14.6 Å². The number of aryl methyl sites for hydroxylation is 1. The van der Waals surface area contributed by atoms with Crippen molar-refractivity contribution in [3.63, 3.8) is 0 Å². The van der Waals surface area contributed by atoms with Gasteiger partial charge in [0.2, 0.25) is 0 Å². The normalized spacial score (nSPS) is 12.2. The molecule has 5 heteroatoms. The van der Waals surface area contributed by atoms with Gasteiger partial charge in [0.15, 0.2) is 0 Å². The highest BCUT2D eigenvalue weighted by Gasteiger charge is 2.08. The van der Waals surface area contributed by atoms with Gasteiger partial charge in [-0.1, -0.05) is 0 Å². The molecule has 1 atom stereocenters. The molecular formula is C14H18N2O3. The molecule has 0 radical (unpaired) electrons. The highest BCUT2D eigenvalue weighted by Crippen LogP contribution is 2.17. The average molecular weight is 262 g/mol. The summed E-state index contributed by atoms with van der Waals surface area (Å²) in [5, 5.41) is 9.91. The van der Waals surface area contributed by atoms with Crippen LogP contribution in [0.4, 0.5) is 0 Å². The third-order valence-electron chi connectivity index (χ3n) is 2.83. The number of hydrogen-bond donors (Lipinski definition) is 1. The summed E-state index contributed by atoms with van der Waals surface area (Å²) in [4.78, 5) is 4.10. The summed E-state index contributed by atoms with van der Waals surface area (Å²) in [5.74, 6) is 2.37. The summed E-state index contributed by atoms with van der Waals surface area (Å²) in [6.45, 7) is 2.61. The van der Waals surface area contributed by atoms with Gasteiger partial charge in [0.05, 0.1) is 13.7 Å². The first kappa shape index (κ1) is 13.4. The minimum Gasteiger partial charge on any atom is -0.497 e. The summed E-state index contributed by atoms with van der Waals surface area (Å²) < 4.78 is 12.5. The molecule has 0 aliphatic heterocycles. The molecule has 2 aromatic rings. The van der Waals surface area contributed by atoms with E-state index >= 15 is 0 Å². The van der Waals surface area contributed by atoms with Crippen LogP contribution in [0.3, 0.4) is 0 Å². The number of aromatic nitrogens is 2. The molecule has 2 rings (SSSR count). The largest absolute Gasteiger partial charge is 0.497 e. The molecule has 0 bridgehead atoms. The van der Waals surface area contributed by atoms with E-state index in [1.807, 2.05) is 42.0 Å². The van der Waals surface area contributed by atoms with Crippen LogP contribution < -0.4 is 9.47 Å². The Morgan fingerprint density at radius 2 is 1.95 bits per heavy atom. The van der Waals surface area contributed by atoms with E-state index in [-0.39, 0.29) is 6.61 Å². The first-order valence-electron chi connectivity index (χ1n) is 6.11. The molecule has 0 saturated heterocycles. The van der Waals surface area contributed by atoms with Crippen LogP contribution >= 0.6 is 0 Å². The number of methoxy groups -OCH3 is 1. The highest BCUT2D eigenvalue weighted by atomic mass is 16.5. The van der Waals surface area contributed by atoms with E-state index in [1.165, 1.54) is 0 Å². The fraction of sp³-hybridized carbons (Fsp3) is 0.357. The molecular weight excluding hydrogens is 244 g/mol. The van der Waals surface area contributed by atoms with Crippen molar-refractivity contribution in [3.8, 4) is 11.5 Å². The summed E-state index contributed by atoms with van der Waals surface area (Å²) >= 11 is 0. The van der Waals surface area contributed by atoms with Gasteiger partial charge >= 0.3 is 0 Å². The fourth-order valence-electron chi connectivity index (χ4n) is 1.74. The number of aliphatic hydroxyl groups excluding tert-OH is 1. The highest BCUT2D eigenvalue weighted by molar-refractivity contribution is 5.31. The van der Waals surface area contributed by atoms with Crippen molar-refractivity contribution in [2.45, 2.75) is 19.6 Å². The van der Waals surface area contributed by atoms with Crippen LogP contribution in [-0.2, 0) is 6.54 Å². The van der Waals surface area contributed by atoms with E-state index in [4.69, 9.17) is 9.47 Å². The van der Waals surface area contributed by atoms with Crippen molar-refractivity contribution in [1.82, 2.24) is 9.55 Å². The zero-order valence-corrected chi connectivity index (χ0v) is 11.1. The van der Waals surface area contributed by atoms with Crippen LogP contribution in [0, 0.1) is 6.92 Å². The molecule has 0 spiro atoms. The van der Waals surface area contributed by atoms with E-state index in [9.17, 15) is 5.11 Å². The SMILES string of the molecule is COc1ccc(OC[C@@H](O)Cn2ccnc2C)cc1. The standard InChI is InChI=1S/C14H18N2O3/c1-11-15-7-8-16(11)9-12(17)10-19-14-5-3-13(18-2)4-6-14/h3-8,12,17H,9-10H2,1-2H3/t12-/m0/s1. The molecule has 1 aromatic carbocycles. The Balaban J connectivity index is 1.82. The quantitative estimate of drug-likeness (QED) is 0.860. The van der Waals surface area contributed by atoms with E-state index in [0.717, 1.165) is 11.6 Å². The Morgan fingerprint density at radius 1 is 1.26 bits per heavy atom. The van der Waals surface area contributed by atoms with E-state index < -0.39 is 6.10 Å². The molecule has 19 heavy (non-hydrogen) atoms. The van der Waals surface area contributed by atoms with E-state index in [2.05, 4.69) is 4.98 Å². The second-order valence-corrected chi connectivity index (χ2v) is 4.27. The molecule has 0 unspecified atom stereocenters. The second-order valence-electron chi connectivity index (χ2n) is 4.27.